The van der Waals surface area contributed by atoms with Gasteiger partial charge in [0.1, 0.15) is 5.82 Å². The van der Waals surface area contributed by atoms with Gasteiger partial charge in [-0.1, -0.05) is 11.6 Å². The number of rotatable bonds is 3. The first-order chi connectivity index (χ1) is 8.54. The molecule has 2 heterocycles. The van der Waals surface area contributed by atoms with E-state index >= 15 is 0 Å². The topological polar surface area (TPSA) is 87.6 Å². The summed E-state index contributed by atoms with van der Waals surface area (Å²) in [5, 5.41) is 9.06. The first-order valence-electron chi connectivity index (χ1n) is 5.17. The molecule has 0 bridgehead atoms. The molecule has 1 aliphatic heterocycles. The van der Waals surface area contributed by atoms with Gasteiger partial charge in [0.2, 0.25) is 5.91 Å². The molecule has 7 heteroatoms. The predicted molar refractivity (Wildman–Crippen MR) is 62.7 cm³/mol. The fourth-order valence-electron chi connectivity index (χ4n) is 1.84. The minimum absolute atomic E-state index is 0.00233. The maximum absolute atomic E-state index is 11.7. The highest BCUT2D eigenvalue weighted by Crippen LogP contribution is 2.29. The second kappa shape index (κ2) is 4.73. The Bertz CT molecular complexity index is 532. The number of carboxylic acids is 1. The first-order valence-corrected chi connectivity index (χ1v) is 5.55. The van der Waals surface area contributed by atoms with Crippen LogP contribution < -0.4 is 4.90 Å². The number of anilines is 1. The lowest BCUT2D eigenvalue weighted by Gasteiger charge is -2.16. The van der Waals surface area contributed by atoms with Crippen LogP contribution in [0.5, 0.6) is 0 Å². The molecule has 94 valence electrons. The third-order valence-electron chi connectivity index (χ3n) is 2.76. The Hall–Kier alpha value is -1.95. The highest BCUT2D eigenvalue weighted by Gasteiger charge is 2.36. The summed E-state index contributed by atoms with van der Waals surface area (Å²) >= 11 is 5.83. The summed E-state index contributed by atoms with van der Waals surface area (Å²) in [5.41, 5.74) is 0.0959. The lowest BCUT2D eigenvalue weighted by molar-refractivity contribution is -0.141. The summed E-state index contributed by atoms with van der Waals surface area (Å²) in [5.74, 6) is -2.08. The molecule has 0 aliphatic carbocycles. The summed E-state index contributed by atoms with van der Waals surface area (Å²) in [6, 6.07) is 1.43. The summed E-state index contributed by atoms with van der Waals surface area (Å²) in [7, 11) is 0. The molecular formula is C11H9ClN2O4. The maximum Gasteiger partial charge on any atom is 0.308 e. The van der Waals surface area contributed by atoms with E-state index in [1.54, 1.807) is 0 Å². The van der Waals surface area contributed by atoms with Crippen molar-refractivity contribution in [3.8, 4) is 0 Å². The second-order valence-corrected chi connectivity index (χ2v) is 4.30. The summed E-state index contributed by atoms with van der Waals surface area (Å²) < 4.78 is 0. The van der Waals surface area contributed by atoms with Crippen LogP contribution in [0.2, 0.25) is 5.02 Å². The van der Waals surface area contributed by atoms with Crippen LogP contribution in [-0.4, -0.2) is 34.8 Å². The quantitative estimate of drug-likeness (QED) is 0.826. The Morgan fingerprint density at radius 2 is 2.33 bits per heavy atom. The number of hydrogen-bond acceptors (Lipinski definition) is 4. The number of carbonyl (C=O) groups excluding carboxylic acids is 2. The standard InChI is InChI=1S/C11H9ClN2O4/c12-8-1-2-13-10(7(8)5-15)14-4-6(11(17)18)3-9(14)16/h1-2,5-6H,3-4H2,(H,17,18). The number of hydrogen-bond donors (Lipinski definition) is 1. The third kappa shape index (κ3) is 2.06. The van der Waals surface area contributed by atoms with E-state index in [9.17, 15) is 14.4 Å². The highest BCUT2D eigenvalue weighted by molar-refractivity contribution is 6.33. The molecule has 0 saturated carbocycles. The SMILES string of the molecule is O=Cc1c(Cl)ccnc1N1CC(C(=O)O)CC1=O. The smallest absolute Gasteiger partial charge is 0.308 e. The average molecular weight is 269 g/mol. The van der Waals surface area contributed by atoms with Crippen molar-refractivity contribution >= 4 is 35.6 Å². The van der Waals surface area contributed by atoms with Gasteiger partial charge in [-0.2, -0.15) is 0 Å². The molecule has 0 spiro atoms. The van der Waals surface area contributed by atoms with Crippen molar-refractivity contribution in [1.29, 1.82) is 0 Å². The van der Waals surface area contributed by atoms with Crippen molar-refractivity contribution < 1.29 is 19.5 Å². The Labute approximate surface area is 107 Å². The van der Waals surface area contributed by atoms with Crippen molar-refractivity contribution in [3.63, 3.8) is 0 Å². The Morgan fingerprint density at radius 1 is 1.61 bits per heavy atom. The summed E-state index contributed by atoms with van der Waals surface area (Å²) in [4.78, 5) is 38.7. The van der Waals surface area contributed by atoms with E-state index in [-0.39, 0.29) is 35.3 Å². The first kappa shape index (κ1) is 12.5. The van der Waals surface area contributed by atoms with Crippen LogP contribution in [-0.2, 0) is 9.59 Å². The van der Waals surface area contributed by atoms with Crippen LogP contribution in [0.1, 0.15) is 16.8 Å². The molecule has 1 aromatic heterocycles. The van der Waals surface area contributed by atoms with Crippen LogP contribution in [0.3, 0.4) is 0 Å². The van der Waals surface area contributed by atoms with Crippen molar-refractivity contribution in [2.45, 2.75) is 6.42 Å². The van der Waals surface area contributed by atoms with Gasteiger partial charge in [0.25, 0.3) is 0 Å². The average Bonchev–Trinajstić information content (AvgIpc) is 2.71. The molecule has 6 nitrogen and oxygen atoms in total. The monoisotopic (exact) mass is 268 g/mol. The zero-order valence-electron chi connectivity index (χ0n) is 9.17. The predicted octanol–water partition coefficient (Wildman–Crippen LogP) is 0.985. The van der Waals surface area contributed by atoms with E-state index < -0.39 is 11.9 Å². The fourth-order valence-corrected chi connectivity index (χ4v) is 2.03. The van der Waals surface area contributed by atoms with Gasteiger partial charge < -0.3 is 5.11 Å². The molecule has 1 fully saturated rings. The minimum atomic E-state index is -1.04. The third-order valence-corrected chi connectivity index (χ3v) is 3.09. The summed E-state index contributed by atoms with van der Waals surface area (Å²) in [6.07, 6.45) is 1.78. The number of aromatic nitrogens is 1. The number of carbonyl (C=O) groups is 3. The van der Waals surface area contributed by atoms with E-state index in [2.05, 4.69) is 4.98 Å². The molecule has 2 rings (SSSR count). The van der Waals surface area contributed by atoms with Gasteiger partial charge in [-0.3, -0.25) is 19.3 Å². The van der Waals surface area contributed by atoms with Crippen LogP contribution in [0, 0.1) is 5.92 Å². The van der Waals surface area contributed by atoms with Crippen molar-refractivity contribution in [3.05, 3.63) is 22.8 Å². The number of carboxylic acid groups (broad SMARTS) is 1. The highest BCUT2D eigenvalue weighted by atomic mass is 35.5. The normalized spacial score (nSPS) is 19.1. The van der Waals surface area contributed by atoms with Crippen molar-refractivity contribution in [2.75, 3.05) is 11.4 Å². The number of halogens is 1. The molecule has 1 unspecified atom stereocenters. The van der Waals surface area contributed by atoms with Gasteiger partial charge in [-0.15, -0.1) is 0 Å². The molecule has 0 radical (unpaired) electrons. The number of aldehydes is 1. The number of aliphatic carboxylic acids is 1. The lowest BCUT2D eigenvalue weighted by atomic mass is 10.1. The molecule has 18 heavy (non-hydrogen) atoms. The van der Waals surface area contributed by atoms with Crippen molar-refractivity contribution in [2.24, 2.45) is 5.92 Å². The van der Waals surface area contributed by atoms with E-state index in [4.69, 9.17) is 16.7 Å². The maximum atomic E-state index is 11.7. The molecule has 1 N–H and O–H groups in total. The minimum Gasteiger partial charge on any atom is -0.481 e. The van der Waals surface area contributed by atoms with Gasteiger partial charge >= 0.3 is 5.97 Å². The van der Waals surface area contributed by atoms with Gasteiger partial charge in [0.15, 0.2) is 6.29 Å². The molecule has 1 saturated heterocycles. The van der Waals surface area contributed by atoms with Gasteiger partial charge in [-0.05, 0) is 6.07 Å². The molecule has 1 amide bonds. The zero-order chi connectivity index (χ0) is 13.3. The Kier molecular flexibility index (Phi) is 3.29. The largest absolute Gasteiger partial charge is 0.481 e. The van der Waals surface area contributed by atoms with Crippen LogP contribution in [0.15, 0.2) is 12.3 Å². The van der Waals surface area contributed by atoms with E-state index in [1.165, 1.54) is 17.2 Å². The molecular weight excluding hydrogens is 260 g/mol. The lowest BCUT2D eigenvalue weighted by Crippen LogP contribution is -2.27. The van der Waals surface area contributed by atoms with Crippen molar-refractivity contribution in [1.82, 2.24) is 4.98 Å². The number of nitrogens with zero attached hydrogens (tertiary/aromatic N) is 2. The Balaban J connectivity index is 2.38. The van der Waals surface area contributed by atoms with Crippen LogP contribution in [0.25, 0.3) is 0 Å². The van der Waals surface area contributed by atoms with E-state index in [1.807, 2.05) is 0 Å². The molecule has 1 aliphatic rings. The number of pyridine rings is 1. The summed E-state index contributed by atoms with van der Waals surface area (Å²) in [6.45, 7) is 0.00233. The van der Waals surface area contributed by atoms with Gasteiger partial charge in [0, 0.05) is 19.2 Å². The van der Waals surface area contributed by atoms with E-state index in [0.717, 1.165) is 0 Å². The van der Waals surface area contributed by atoms with Crippen LogP contribution in [0.4, 0.5) is 5.82 Å². The van der Waals surface area contributed by atoms with Gasteiger partial charge in [0.05, 0.1) is 16.5 Å². The fraction of sp³-hybridized carbons (Fsp3) is 0.273. The Morgan fingerprint density at radius 3 is 2.89 bits per heavy atom. The van der Waals surface area contributed by atoms with E-state index in [0.29, 0.717) is 6.29 Å². The van der Waals surface area contributed by atoms with Gasteiger partial charge in [-0.25, -0.2) is 4.98 Å². The molecule has 1 atom stereocenters. The number of amides is 1. The molecule has 1 aromatic rings. The zero-order valence-corrected chi connectivity index (χ0v) is 9.92. The second-order valence-electron chi connectivity index (χ2n) is 3.89. The molecule has 0 aromatic carbocycles. The van der Waals surface area contributed by atoms with Crippen LogP contribution >= 0.6 is 11.6 Å².